The first-order chi connectivity index (χ1) is 9.61. The number of fused-ring (bicyclic) bond motifs is 1. The number of carboxylic acids is 1. The molecule has 2 heterocycles. The van der Waals surface area contributed by atoms with Gasteiger partial charge < -0.3 is 19.1 Å². The van der Waals surface area contributed by atoms with E-state index in [9.17, 15) is 4.79 Å². The quantitative estimate of drug-likeness (QED) is 0.900. The number of hydrogen-bond acceptors (Lipinski definition) is 6. The number of aliphatic carboxylic acids is 1. The summed E-state index contributed by atoms with van der Waals surface area (Å²) in [6.45, 7) is 1.88. The molecule has 0 spiro atoms. The van der Waals surface area contributed by atoms with Gasteiger partial charge in [-0.2, -0.15) is 4.98 Å². The standard InChI is InChI=1S/C13H12N2O5/c1-7-14-12(20-15-7)6-18-9-3-2-8-4-11(13(16)17)19-10(8)5-9/h2-3,5,11H,4,6H2,1H3,(H,16,17). The minimum Gasteiger partial charge on any atom is -0.484 e. The number of aromatic nitrogens is 2. The molecule has 7 heteroatoms. The lowest BCUT2D eigenvalue weighted by atomic mass is 10.1. The molecule has 0 fully saturated rings. The molecule has 104 valence electrons. The van der Waals surface area contributed by atoms with Crippen LogP contribution < -0.4 is 9.47 Å². The van der Waals surface area contributed by atoms with Crippen LogP contribution in [0.3, 0.4) is 0 Å². The van der Waals surface area contributed by atoms with Gasteiger partial charge in [-0.1, -0.05) is 11.2 Å². The number of hydrogen-bond donors (Lipinski definition) is 1. The van der Waals surface area contributed by atoms with Gasteiger partial charge in [0, 0.05) is 12.5 Å². The molecule has 2 aromatic rings. The summed E-state index contributed by atoms with van der Waals surface area (Å²) >= 11 is 0. The van der Waals surface area contributed by atoms with Crippen LogP contribution in [0.2, 0.25) is 0 Å². The first-order valence-electron chi connectivity index (χ1n) is 6.06. The maximum Gasteiger partial charge on any atom is 0.345 e. The molecule has 1 aliphatic rings. The Morgan fingerprint density at radius 2 is 2.40 bits per heavy atom. The fourth-order valence-electron chi connectivity index (χ4n) is 1.98. The molecule has 1 aliphatic heterocycles. The van der Waals surface area contributed by atoms with E-state index in [4.69, 9.17) is 19.1 Å². The summed E-state index contributed by atoms with van der Waals surface area (Å²) in [5, 5.41) is 12.6. The van der Waals surface area contributed by atoms with Crippen LogP contribution >= 0.6 is 0 Å². The van der Waals surface area contributed by atoms with Crippen LogP contribution in [0.5, 0.6) is 11.5 Å². The van der Waals surface area contributed by atoms with Crippen LogP contribution in [0, 0.1) is 6.92 Å². The Balaban J connectivity index is 1.68. The van der Waals surface area contributed by atoms with Gasteiger partial charge in [-0.25, -0.2) is 4.79 Å². The second kappa shape index (κ2) is 4.84. The summed E-state index contributed by atoms with van der Waals surface area (Å²) in [5.41, 5.74) is 0.860. The maximum absolute atomic E-state index is 10.9. The summed E-state index contributed by atoms with van der Waals surface area (Å²) < 4.78 is 15.8. The van der Waals surface area contributed by atoms with Crippen LogP contribution in [-0.2, 0) is 17.8 Å². The molecule has 1 aromatic carbocycles. The molecular formula is C13H12N2O5. The summed E-state index contributed by atoms with van der Waals surface area (Å²) in [4.78, 5) is 14.9. The summed E-state index contributed by atoms with van der Waals surface area (Å²) in [6.07, 6.45) is -0.452. The molecule has 0 radical (unpaired) electrons. The van der Waals surface area contributed by atoms with E-state index in [2.05, 4.69) is 10.1 Å². The fraction of sp³-hybridized carbons (Fsp3) is 0.308. The van der Waals surface area contributed by atoms with E-state index >= 15 is 0 Å². The Hall–Kier alpha value is -2.57. The Labute approximate surface area is 114 Å². The van der Waals surface area contributed by atoms with Gasteiger partial charge in [0.25, 0.3) is 5.89 Å². The highest BCUT2D eigenvalue weighted by atomic mass is 16.5. The highest BCUT2D eigenvalue weighted by Gasteiger charge is 2.28. The Morgan fingerprint density at radius 1 is 1.55 bits per heavy atom. The number of rotatable bonds is 4. The molecule has 0 saturated heterocycles. The topological polar surface area (TPSA) is 94.7 Å². The van der Waals surface area contributed by atoms with E-state index in [1.807, 2.05) is 0 Å². The van der Waals surface area contributed by atoms with Crippen molar-refractivity contribution in [3.63, 3.8) is 0 Å². The third-order valence-electron chi connectivity index (χ3n) is 2.92. The van der Waals surface area contributed by atoms with E-state index in [0.29, 0.717) is 29.6 Å². The summed E-state index contributed by atoms with van der Waals surface area (Å²) in [6, 6.07) is 5.23. The molecule has 7 nitrogen and oxygen atoms in total. The Bertz CT molecular complexity index is 652. The third kappa shape index (κ3) is 2.42. The number of aryl methyl sites for hydroxylation is 1. The van der Waals surface area contributed by atoms with Crippen LogP contribution in [-0.4, -0.2) is 27.3 Å². The van der Waals surface area contributed by atoms with Crippen molar-refractivity contribution < 1.29 is 23.9 Å². The molecule has 0 aliphatic carbocycles. The van der Waals surface area contributed by atoms with Gasteiger partial charge in [0.15, 0.2) is 18.5 Å². The molecule has 3 rings (SSSR count). The second-order valence-corrected chi connectivity index (χ2v) is 4.44. The van der Waals surface area contributed by atoms with Crippen molar-refractivity contribution in [1.82, 2.24) is 10.1 Å². The van der Waals surface area contributed by atoms with E-state index in [0.717, 1.165) is 5.56 Å². The third-order valence-corrected chi connectivity index (χ3v) is 2.92. The van der Waals surface area contributed by atoms with Gasteiger partial charge in [0.2, 0.25) is 0 Å². The van der Waals surface area contributed by atoms with Gasteiger partial charge in [0.05, 0.1) is 0 Å². The first kappa shape index (κ1) is 12.5. The zero-order valence-corrected chi connectivity index (χ0v) is 10.7. The van der Waals surface area contributed by atoms with E-state index < -0.39 is 12.1 Å². The molecule has 0 amide bonds. The normalized spacial score (nSPS) is 16.6. The van der Waals surface area contributed by atoms with Crippen LogP contribution in [0.25, 0.3) is 0 Å². The van der Waals surface area contributed by atoms with Crippen molar-refractivity contribution in [2.75, 3.05) is 0 Å². The molecule has 1 N–H and O–H groups in total. The monoisotopic (exact) mass is 276 g/mol. The molecule has 0 saturated carbocycles. The molecule has 1 atom stereocenters. The minimum absolute atomic E-state index is 0.155. The van der Waals surface area contributed by atoms with Crippen molar-refractivity contribution in [1.29, 1.82) is 0 Å². The van der Waals surface area contributed by atoms with Crippen molar-refractivity contribution >= 4 is 5.97 Å². The predicted octanol–water partition coefficient (Wildman–Crippen LogP) is 1.35. The smallest absolute Gasteiger partial charge is 0.345 e. The first-order valence-corrected chi connectivity index (χ1v) is 6.06. The van der Waals surface area contributed by atoms with Crippen LogP contribution in [0.15, 0.2) is 22.7 Å². The van der Waals surface area contributed by atoms with Gasteiger partial charge >= 0.3 is 5.97 Å². The molecule has 20 heavy (non-hydrogen) atoms. The van der Waals surface area contributed by atoms with Gasteiger partial charge in [-0.05, 0) is 18.6 Å². The summed E-state index contributed by atoms with van der Waals surface area (Å²) in [7, 11) is 0. The lowest BCUT2D eigenvalue weighted by molar-refractivity contribution is -0.144. The maximum atomic E-state index is 10.9. The zero-order valence-electron chi connectivity index (χ0n) is 10.7. The van der Waals surface area contributed by atoms with Crippen LogP contribution in [0.1, 0.15) is 17.3 Å². The predicted molar refractivity (Wildman–Crippen MR) is 65.6 cm³/mol. The minimum atomic E-state index is -0.968. The SMILES string of the molecule is Cc1noc(COc2ccc3c(c2)OC(C(=O)O)C3)n1. The molecule has 1 unspecified atom stereocenters. The molecule has 0 bridgehead atoms. The van der Waals surface area contributed by atoms with Crippen LogP contribution in [0.4, 0.5) is 0 Å². The molecular weight excluding hydrogens is 264 g/mol. The fourth-order valence-corrected chi connectivity index (χ4v) is 1.98. The van der Waals surface area contributed by atoms with Gasteiger partial charge in [-0.3, -0.25) is 0 Å². The number of carboxylic acid groups (broad SMARTS) is 1. The lowest BCUT2D eigenvalue weighted by Gasteiger charge is -2.06. The largest absolute Gasteiger partial charge is 0.484 e. The average molecular weight is 276 g/mol. The van der Waals surface area contributed by atoms with E-state index in [1.165, 1.54) is 0 Å². The Morgan fingerprint density at radius 3 is 3.10 bits per heavy atom. The van der Waals surface area contributed by atoms with Gasteiger partial charge in [0.1, 0.15) is 11.5 Å². The van der Waals surface area contributed by atoms with Gasteiger partial charge in [-0.15, -0.1) is 0 Å². The molecule has 1 aromatic heterocycles. The number of nitrogens with zero attached hydrogens (tertiary/aromatic N) is 2. The number of carbonyl (C=O) groups is 1. The number of benzene rings is 1. The number of ether oxygens (including phenoxy) is 2. The van der Waals surface area contributed by atoms with E-state index in [1.54, 1.807) is 25.1 Å². The van der Waals surface area contributed by atoms with E-state index in [-0.39, 0.29) is 6.61 Å². The van der Waals surface area contributed by atoms with Crippen molar-refractivity contribution in [3.8, 4) is 11.5 Å². The highest BCUT2D eigenvalue weighted by molar-refractivity contribution is 5.74. The second-order valence-electron chi connectivity index (χ2n) is 4.44. The van der Waals surface area contributed by atoms with Crippen molar-refractivity contribution in [3.05, 3.63) is 35.5 Å². The van der Waals surface area contributed by atoms with Crippen molar-refractivity contribution in [2.24, 2.45) is 0 Å². The average Bonchev–Trinajstić information content (AvgIpc) is 3.01. The lowest BCUT2D eigenvalue weighted by Crippen LogP contribution is -2.24. The Kier molecular flexibility index (Phi) is 3.02. The van der Waals surface area contributed by atoms with Crippen molar-refractivity contribution in [2.45, 2.75) is 26.1 Å². The highest BCUT2D eigenvalue weighted by Crippen LogP contribution is 2.32. The zero-order chi connectivity index (χ0) is 14.1. The summed E-state index contributed by atoms with van der Waals surface area (Å²) in [5.74, 6) is 1.06.